The Balaban J connectivity index is 1.05. The van der Waals surface area contributed by atoms with E-state index in [1.807, 2.05) is 0 Å². The fraction of sp³-hybridized carbons (Fsp3) is 0. The van der Waals surface area contributed by atoms with Crippen LogP contribution in [-0.4, -0.2) is 0 Å². The molecule has 0 atom stereocenters. The molecular formula is C58H36. The van der Waals surface area contributed by atoms with E-state index in [0.717, 1.165) is 0 Å². The summed E-state index contributed by atoms with van der Waals surface area (Å²) in [5.41, 5.74) is 9.86. The summed E-state index contributed by atoms with van der Waals surface area (Å²) in [5, 5.41) is 18.0. The number of hydrogen-bond acceptors (Lipinski definition) is 0. The SMILES string of the molecule is c1ccc2c(-c3ccc(-c4ccc5c6ccc(-c7ccc(-c8cccc9ccccc89)cc7)cc6c6c7ccccc7c7ccccc7c6c5c4)cc3)cccc2c1. The van der Waals surface area contributed by atoms with Crippen LogP contribution < -0.4 is 0 Å². The Morgan fingerprint density at radius 1 is 0.172 bits per heavy atom. The summed E-state index contributed by atoms with van der Waals surface area (Å²) in [6.07, 6.45) is 0. The summed E-state index contributed by atoms with van der Waals surface area (Å²) in [7, 11) is 0. The zero-order valence-electron chi connectivity index (χ0n) is 31.8. The average molecular weight is 733 g/mol. The van der Waals surface area contributed by atoms with E-state index < -0.39 is 0 Å². The van der Waals surface area contributed by atoms with Crippen LogP contribution in [0.5, 0.6) is 0 Å². The Morgan fingerprint density at radius 3 is 0.914 bits per heavy atom. The molecule has 0 aliphatic rings. The van der Waals surface area contributed by atoms with Crippen LogP contribution in [0.1, 0.15) is 0 Å². The van der Waals surface area contributed by atoms with E-state index in [-0.39, 0.29) is 0 Å². The summed E-state index contributed by atoms with van der Waals surface area (Å²) in [6, 6.07) is 80.8. The molecular weight excluding hydrogens is 697 g/mol. The minimum atomic E-state index is 1.21. The molecule has 12 rings (SSSR count). The Hall–Kier alpha value is -7.54. The molecule has 0 fully saturated rings. The molecule has 0 N–H and O–H groups in total. The molecule has 0 saturated heterocycles. The van der Waals surface area contributed by atoms with Crippen LogP contribution in [0.4, 0.5) is 0 Å². The average Bonchev–Trinajstić information content (AvgIpc) is 3.31. The molecule has 0 unspecified atom stereocenters. The Morgan fingerprint density at radius 2 is 0.483 bits per heavy atom. The first kappa shape index (κ1) is 32.7. The van der Waals surface area contributed by atoms with Crippen molar-refractivity contribution in [3.8, 4) is 44.5 Å². The minimum Gasteiger partial charge on any atom is -0.0616 e. The third-order valence-corrected chi connectivity index (χ3v) is 12.4. The second-order valence-corrected chi connectivity index (χ2v) is 15.6. The third kappa shape index (κ3) is 5.09. The first-order chi connectivity index (χ1) is 28.8. The molecule has 12 aromatic rings. The third-order valence-electron chi connectivity index (χ3n) is 12.4. The van der Waals surface area contributed by atoms with Crippen LogP contribution >= 0.6 is 0 Å². The molecule has 0 amide bonds. The lowest BCUT2D eigenvalue weighted by Crippen LogP contribution is -1.90. The van der Waals surface area contributed by atoms with Gasteiger partial charge in [-0.25, -0.2) is 0 Å². The van der Waals surface area contributed by atoms with E-state index in [1.54, 1.807) is 0 Å². The lowest BCUT2D eigenvalue weighted by atomic mass is 9.85. The van der Waals surface area contributed by atoms with Crippen molar-refractivity contribution in [2.24, 2.45) is 0 Å². The highest BCUT2D eigenvalue weighted by atomic mass is 14.2. The van der Waals surface area contributed by atoms with Gasteiger partial charge in [0.2, 0.25) is 0 Å². The molecule has 0 saturated carbocycles. The van der Waals surface area contributed by atoms with Gasteiger partial charge in [0.1, 0.15) is 0 Å². The standard InChI is InChI=1S/C58H36/c1-3-15-45-39(11-1)13-9-21-47(45)41-27-23-37(24-28-41)43-31-33-51-52-34-32-44(38-25-29-42(30-26-38)48-22-10-14-40-12-2-4-16-46(40)48)36-56(52)58-54-20-8-6-18-50(54)49-17-5-7-19-53(49)57(58)55(51)35-43/h1-36H. The van der Waals surface area contributed by atoms with E-state index in [4.69, 9.17) is 0 Å². The maximum absolute atomic E-state index is 2.44. The molecule has 0 heterocycles. The van der Waals surface area contributed by atoms with Crippen LogP contribution in [0.3, 0.4) is 0 Å². The van der Waals surface area contributed by atoms with Crippen molar-refractivity contribution >= 4 is 75.4 Å². The molecule has 0 aliphatic carbocycles. The van der Waals surface area contributed by atoms with Crippen LogP contribution in [-0.2, 0) is 0 Å². The summed E-state index contributed by atoms with van der Waals surface area (Å²) in [5.74, 6) is 0. The Labute approximate surface area is 336 Å². The van der Waals surface area contributed by atoms with Gasteiger partial charge in [-0.15, -0.1) is 0 Å². The van der Waals surface area contributed by atoms with Gasteiger partial charge >= 0.3 is 0 Å². The zero-order chi connectivity index (χ0) is 38.2. The van der Waals surface area contributed by atoms with Gasteiger partial charge in [0.05, 0.1) is 0 Å². The van der Waals surface area contributed by atoms with E-state index in [2.05, 4.69) is 218 Å². The number of rotatable bonds is 4. The second-order valence-electron chi connectivity index (χ2n) is 15.6. The monoisotopic (exact) mass is 732 g/mol. The molecule has 12 aromatic carbocycles. The first-order valence-electron chi connectivity index (χ1n) is 20.2. The van der Waals surface area contributed by atoms with Crippen LogP contribution in [0, 0.1) is 0 Å². The molecule has 268 valence electrons. The Kier molecular flexibility index (Phi) is 7.33. The maximum Gasteiger partial charge on any atom is -0.00137 e. The molecule has 0 nitrogen and oxygen atoms in total. The summed E-state index contributed by atoms with van der Waals surface area (Å²) >= 11 is 0. The summed E-state index contributed by atoms with van der Waals surface area (Å²) in [6.45, 7) is 0. The lowest BCUT2D eigenvalue weighted by molar-refractivity contribution is 1.62. The number of benzene rings is 12. The maximum atomic E-state index is 2.44. The van der Waals surface area contributed by atoms with Gasteiger partial charge in [-0.2, -0.15) is 0 Å². The largest absolute Gasteiger partial charge is 0.0616 e. The van der Waals surface area contributed by atoms with Crippen LogP contribution in [0.25, 0.3) is 120 Å². The number of hydrogen-bond donors (Lipinski definition) is 0. The van der Waals surface area contributed by atoms with Gasteiger partial charge in [-0.3, -0.25) is 0 Å². The molecule has 0 radical (unpaired) electrons. The molecule has 0 bridgehead atoms. The summed E-state index contributed by atoms with van der Waals surface area (Å²) in [4.78, 5) is 0. The smallest absolute Gasteiger partial charge is 0.00137 e. The normalized spacial score (nSPS) is 11.8. The van der Waals surface area contributed by atoms with E-state index in [9.17, 15) is 0 Å². The van der Waals surface area contributed by atoms with Crippen molar-refractivity contribution in [3.63, 3.8) is 0 Å². The quantitative estimate of drug-likeness (QED) is 0.158. The van der Waals surface area contributed by atoms with E-state index in [1.165, 1.54) is 120 Å². The topological polar surface area (TPSA) is 0 Å². The van der Waals surface area contributed by atoms with E-state index in [0.29, 0.717) is 0 Å². The van der Waals surface area contributed by atoms with Crippen molar-refractivity contribution in [2.45, 2.75) is 0 Å². The van der Waals surface area contributed by atoms with Crippen LogP contribution in [0.2, 0.25) is 0 Å². The highest BCUT2D eigenvalue weighted by Crippen LogP contribution is 2.46. The second kappa shape index (κ2) is 13.0. The predicted octanol–water partition coefficient (Wildman–Crippen LogP) is 16.4. The fourth-order valence-electron chi connectivity index (χ4n) is 9.67. The fourth-order valence-corrected chi connectivity index (χ4v) is 9.67. The predicted molar refractivity (Wildman–Crippen MR) is 251 cm³/mol. The van der Waals surface area contributed by atoms with Gasteiger partial charge in [-0.05, 0) is 132 Å². The highest BCUT2D eigenvalue weighted by molar-refractivity contribution is 6.39. The van der Waals surface area contributed by atoms with Gasteiger partial charge < -0.3 is 0 Å². The highest BCUT2D eigenvalue weighted by Gasteiger charge is 2.18. The molecule has 0 heteroatoms. The van der Waals surface area contributed by atoms with Crippen molar-refractivity contribution in [1.82, 2.24) is 0 Å². The Bertz CT molecular complexity index is 3340. The van der Waals surface area contributed by atoms with Crippen molar-refractivity contribution in [2.75, 3.05) is 0 Å². The zero-order valence-corrected chi connectivity index (χ0v) is 31.8. The molecule has 58 heavy (non-hydrogen) atoms. The minimum absolute atomic E-state index is 1.21. The van der Waals surface area contributed by atoms with Gasteiger partial charge in [-0.1, -0.05) is 206 Å². The lowest BCUT2D eigenvalue weighted by Gasteiger charge is -2.18. The van der Waals surface area contributed by atoms with Gasteiger partial charge in [0.25, 0.3) is 0 Å². The summed E-state index contributed by atoms with van der Waals surface area (Å²) < 4.78 is 0. The molecule has 0 aromatic heterocycles. The van der Waals surface area contributed by atoms with Crippen molar-refractivity contribution in [3.05, 3.63) is 218 Å². The van der Waals surface area contributed by atoms with Crippen molar-refractivity contribution in [1.29, 1.82) is 0 Å². The van der Waals surface area contributed by atoms with E-state index >= 15 is 0 Å². The van der Waals surface area contributed by atoms with Crippen LogP contribution in [0.15, 0.2) is 218 Å². The van der Waals surface area contributed by atoms with Gasteiger partial charge in [0.15, 0.2) is 0 Å². The first-order valence-corrected chi connectivity index (χ1v) is 20.2. The molecule has 0 spiro atoms. The number of fused-ring (bicyclic) bond motifs is 13. The van der Waals surface area contributed by atoms with Gasteiger partial charge in [0, 0.05) is 0 Å². The molecule has 0 aliphatic heterocycles. The van der Waals surface area contributed by atoms with Crippen molar-refractivity contribution < 1.29 is 0 Å².